The van der Waals surface area contributed by atoms with Crippen molar-refractivity contribution < 1.29 is 19.1 Å². The number of carbonyl (C=O) groups excluding carboxylic acids is 2. The van der Waals surface area contributed by atoms with Crippen LogP contribution >= 0.6 is 11.3 Å². The highest BCUT2D eigenvalue weighted by Crippen LogP contribution is 2.10. The lowest BCUT2D eigenvalue weighted by atomic mass is 10.4. The van der Waals surface area contributed by atoms with Crippen molar-refractivity contribution in [1.29, 1.82) is 0 Å². The van der Waals surface area contributed by atoms with Gasteiger partial charge in [0.05, 0.1) is 13.2 Å². The predicted molar refractivity (Wildman–Crippen MR) is 71.7 cm³/mol. The van der Waals surface area contributed by atoms with E-state index in [1.165, 1.54) is 17.4 Å². The van der Waals surface area contributed by atoms with Crippen LogP contribution in [0.15, 0.2) is 23.6 Å². The van der Waals surface area contributed by atoms with E-state index in [2.05, 4.69) is 0 Å². The summed E-state index contributed by atoms with van der Waals surface area (Å²) >= 11 is 1.53. The molecule has 1 amide bonds. The van der Waals surface area contributed by atoms with Crippen molar-refractivity contribution in [2.45, 2.75) is 0 Å². The first-order chi connectivity index (χ1) is 9.25. The number of hydrogen-bond acceptors (Lipinski definition) is 5. The molecule has 0 aromatic carbocycles. The van der Waals surface area contributed by atoms with Crippen molar-refractivity contribution in [2.75, 3.05) is 32.9 Å². The highest BCUT2D eigenvalue weighted by Gasteiger charge is 2.17. The number of morpholine rings is 1. The van der Waals surface area contributed by atoms with Gasteiger partial charge in [-0.1, -0.05) is 6.07 Å². The van der Waals surface area contributed by atoms with Crippen LogP contribution in [-0.2, 0) is 19.1 Å². The van der Waals surface area contributed by atoms with Crippen LogP contribution in [0, 0.1) is 0 Å². The molecule has 19 heavy (non-hydrogen) atoms. The van der Waals surface area contributed by atoms with Gasteiger partial charge in [0.15, 0.2) is 6.61 Å². The van der Waals surface area contributed by atoms with Crippen molar-refractivity contribution in [2.24, 2.45) is 0 Å². The zero-order valence-electron chi connectivity index (χ0n) is 10.4. The topological polar surface area (TPSA) is 55.8 Å². The van der Waals surface area contributed by atoms with Crippen LogP contribution in [0.2, 0.25) is 0 Å². The van der Waals surface area contributed by atoms with Crippen molar-refractivity contribution in [3.05, 3.63) is 28.5 Å². The number of thiophene rings is 1. The van der Waals surface area contributed by atoms with E-state index in [0.717, 1.165) is 4.88 Å². The van der Waals surface area contributed by atoms with Gasteiger partial charge >= 0.3 is 5.97 Å². The molecule has 0 N–H and O–H groups in total. The standard InChI is InChI=1S/C13H15NO4S/c15-12(14-5-7-17-8-6-14)10-18-13(16)4-3-11-2-1-9-19-11/h1-4,9H,5-8,10H2. The molecular weight excluding hydrogens is 266 g/mol. The highest BCUT2D eigenvalue weighted by atomic mass is 32.1. The smallest absolute Gasteiger partial charge is 0.331 e. The summed E-state index contributed by atoms with van der Waals surface area (Å²) in [4.78, 5) is 25.7. The minimum atomic E-state index is -0.505. The van der Waals surface area contributed by atoms with Gasteiger partial charge in [-0.3, -0.25) is 4.79 Å². The Bertz CT molecular complexity index is 449. The van der Waals surface area contributed by atoms with E-state index in [1.54, 1.807) is 11.0 Å². The largest absolute Gasteiger partial charge is 0.452 e. The van der Waals surface area contributed by atoms with Crippen molar-refractivity contribution in [3.8, 4) is 0 Å². The van der Waals surface area contributed by atoms with Crippen LogP contribution < -0.4 is 0 Å². The molecule has 0 radical (unpaired) electrons. The summed E-state index contributed by atoms with van der Waals surface area (Å²) in [6.45, 7) is 1.98. The minimum absolute atomic E-state index is 0.179. The van der Waals surface area contributed by atoms with Gasteiger partial charge in [0.25, 0.3) is 5.91 Å². The molecule has 0 aliphatic carbocycles. The number of esters is 1. The van der Waals surface area contributed by atoms with E-state index in [1.807, 2.05) is 17.5 Å². The van der Waals surface area contributed by atoms with E-state index in [4.69, 9.17) is 9.47 Å². The Balaban J connectivity index is 1.72. The van der Waals surface area contributed by atoms with E-state index in [-0.39, 0.29) is 12.5 Å². The lowest BCUT2D eigenvalue weighted by molar-refractivity contribution is -0.150. The van der Waals surface area contributed by atoms with Gasteiger partial charge in [-0.05, 0) is 17.5 Å². The number of hydrogen-bond donors (Lipinski definition) is 0. The lowest BCUT2D eigenvalue weighted by Gasteiger charge is -2.26. The van der Waals surface area contributed by atoms with Crippen LogP contribution in [0.4, 0.5) is 0 Å². The number of rotatable bonds is 4. The molecule has 1 aliphatic heterocycles. The van der Waals surface area contributed by atoms with Crippen LogP contribution in [0.1, 0.15) is 4.88 Å². The van der Waals surface area contributed by atoms with Crippen LogP contribution in [0.3, 0.4) is 0 Å². The average Bonchev–Trinajstić information content (AvgIpc) is 2.96. The molecule has 1 aliphatic rings. The Morgan fingerprint density at radius 3 is 2.89 bits per heavy atom. The third-order valence-corrected chi connectivity index (χ3v) is 3.47. The summed E-state index contributed by atoms with van der Waals surface area (Å²) in [5, 5.41) is 1.92. The van der Waals surface area contributed by atoms with Gasteiger partial charge in [0.2, 0.25) is 0 Å². The summed E-state index contributed by atoms with van der Waals surface area (Å²) in [7, 11) is 0. The first kappa shape index (κ1) is 13.8. The molecule has 2 heterocycles. The predicted octanol–water partition coefficient (Wildman–Crippen LogP) is 1.16. The fourth-order valence-electron chi connectivity index (χ4n) is 1.62. The summed E-state index contributed by atoms with van der Waals surface area (Å²) < 4.78 is 10.0. The molecule has 0 saturated carbocycles. The quantitative estimate of drug-likeness (QED) is 0.614. The second-order valence-electron chi connectivity index (χ2n) is 3.95. The molecule has 0 bridgehead atoms. The Hall–Kier alpha value is -1.66. The van der Waals surface area contributed by atoms with E-state index < -0.39 is 5.97 Å². The molecular formula is C13H15NO4S. The third kappa shape index (κ3) is 4.50. The zero-order chi connectivity index (χ0) is 13.5. The zero-order valence-corrected chi connectivity index (χ0v) is 11.2. The molecule has 6 heteroatoms. The monoisotopic (exact) mass is 281 g/mol. The van der Waals surface area contributed by atoms with Gasteiger partial charge in [-0.2, -0.15) is 0 Å². The minimum Gasteiger partial charge on any atom is -0.452 e. The molecule has 2 rings (SSSR count). The average molecular weight is 281 g/mol. The molecule has 1 saturated heterocycles. The molecule has 102 valence electrons. The van der Waals surface area contributed by atoms with Crippen LogP contribution in [0.25, 0.3) is 6.08 Å². The highest BCUT2D eigenvalue weighted by molar-refractivity contribution is 7.10. The summed E-state index contributed by atoms with van der Waals surface area (Å²) in [5.74, 6) is -0.684. The molecule has 1 aromatic rings. The molecule has 1 fully saturated rings. The number of amides is 1. The van der Waals surface area contributed by atoms with Crippen LogP contribution in [0.5, 0.6) is 0 Å². The van der Waals surface area contributed by atoms with Crippen LogP contribution in [-0.4, -0.2) is 49.7 Å². The molecule has 1 aromatic heterocycles. The third-order valence-electron chi connectivity index (χ3n) is 2.63. The van der Waals surface area contributed by atoms with E-state index >= 15 is 0 Å². The van der Waals surface area contributed by atoms with Gasteiger partial charge in [-0.25, -0.2) is 4.79 Å². The first-order valence-corrected chi connectivity index (χ1v) is 6.87. The Kier molecular flexibility index (Phi) is 5.11. The van der Waals surface area contributed by atoms with Gasteiger partial charge < -0.3 is 14.4 Å². The maximum absolute atomic E-state index is 11.7. The van der Waals surface area contributed by atoms with Gasteiger partial charge in [0.1, 0.15) is 0 Å². The summed E-state index contributed by atoms with van der Waals surface area (Å²) in [5.41, 5.74) is 0. The maximum atomic E-state index is 11.7. The Morgan fingerprint density at radius 2 is 2.21 bits per heavy atom. The second-order valence-corrected chi connectivity index (χ2v) is 4.93. The lowest BCUT2D eigenvalue weighted by Crippen LogP contribution is -2.42. The van der Waals surface area contributed by atoms with Crippen molar-refractivity contribution in [1.82, 2.24) is 4.90 Å². The first-order valence-electron chi connectivity index (χ1n) is 5.99. The normalized spacial score (nSPS) is 15.7. The molecule has 5 nitrogen and oxygen atoms in total. The second kappa shape index (κ2) is 7.06. The number of carbonyl (C=O) groups is 2. The Morgan fingerprint density at radius 1 is 1.42 bits per heavy atom. The molecule has 0 spiro atoms. The van der Waals surface area contributed by atoms with Gasteiger partial charge in [0, 0.05) is 24.0 Å². The van der Waals surface area contributed by atoms with E-state index in [0.29, 0.717) is 26.3 Å². The summed E-state index contributed by atoms with van der Waals surface area (Å²) in [6, 6.07) is 3.80. The molecule has 0 unspecified atom stereocenters. The fraction of sp³-hybridized carbons (Fsp3) is 0.385. The number of nitrogens with zero attached hydrogens (tertiary/aromatic N) is 1. The molecule has 0 atom stereocenters. The fourth-order valence-corrected chi connectivity index (χ4v) is 2.24. The van der Waals surface area contributed by atoms with Crippen molar-refractivity contribution >= 4 is 29.3 Å². The number of ether oxygens (including phenoxy) is 2. The Labute approximate surface area is 115 Å². The van der Waals surface area contributed by atoms with Crippen molar-refractivity contribution in [3.63, 3.8) is 0 Å². The summed E-state index contributed by atoms with van der Waals surface area (Å²) in [6.07, 6.45) is 3.00. The van der Waals surface area contributed by atoms with E-state index in [9.17, 15) is 9.59 Å². The van der Waals surface area contributed by atoms with Gasteiger partial charge in [-0.15, -0.1) is 11.3 Å². The SMILES string of the molecule is O=C(C=Cc1cccs1)OCC(=O)N1CCOCC1. The maximum Gasteiger partial charge on any atom is 0.331 e.